The number of aliphatic hydroxyl groups is 1. The molecule has 0 spiro atoms. The Kier molecular flexibility index (Phi) is 5.20. The molecule has 1 aromatic heterocycles. The lowest BCUT2D eigenvalue weighted by molar-refractivity contribution is -0.120. The van der Waals surface area contributed by atoms with Crippen LogP contribution < -0.4 is 4.90 Å². The summed E-state index contributed by atoms with van der Waals surface area (Å²) >= 11 is 1.13. The first-order chi connectivity index (χ1) is 8.65. The predicted octanol–water partition coefficient (Wildman–Crippen LogP) is 3.54. The molecule has 7 heteroatoms. The molecule has 1 N–H and O–H groups in total. The second-order valence-corrected chi connectivity index (χ2v) is 6.02. The van der Waals surface area contributed by atoms with Gasteiger partial charge in [-0.3, -0.25) is 0 Å². The third-order valence-corrected chi connectivity index (χ3v) is 3.72. The Morgan fingerprint density at radius 1 is 1.26 bits per heavy atom. The Morgan fingerprint density at radius 3 is 2.16 bits per heavy atom. The minimum atomic E-state index is -4.27. The minimum Gasteiger partial charge on any atom is -0.391 e. The second-order valence-electron chi connectivity index (χ2n) is 4.95. The van der Waals surface area contributed by atoms with Gasteiger partial charge in [0.05, 0.1) is 17.2 Å². The first-order valence-electron chi connectivity index (χ1n) is 6.09. The lowest BCUT2D eigenvalue weighted by Crippen LogP contribution is -2.39. The van der Waals surface area contributed by atoms with E-state index in [2.05, 4.69) is 4.98 Å². The van der Waals surface area contributed by atoms with Crippen molar-refractivity contribution >= 4 is 16.5 Å². The van der Waals surface area contributed by atoms with Crippen molar-refractivity contribution in [1.82, 2.24) is 4.98 Å². The van der Waals surface area contributed by atoms with Crippen molar-refractivity contribution in [1.29, 1.82) is 0 Å². The summed E-state index contributed by atoms with van der Waals surface area (Å²) in [5, 5.41) is 9.58. The molecule has 3 nitrogen and oxygen atoms in total. The molecule has 0 aliphatic carbocycles. The van der Waals surface area contributed by atoms with Crippen LogP contribution >= 0.6 is 11.3 Å². The fourth-order valence-corrected chi connectivity index (χ4v) is 2.91. The number of aromatic nitrogens is 1. The van der Waals surface area contributed by atoms with E-state index in [-0.39, 0.29) is 18.6 Å². The molecule has 1 heterocycles. The Bertz CT molecular complexity index is 416. The van der Waals surface area contributed by atoms with Gasteiger partial charge in [-0.05, 0) is 19.8 Å². The molecule has 0 aliphatic rings. The van der Waals surface area contributed by atoms with E-state index in [1.54, 1.807) is 13.8 Å². The van der Waals surface area contributed by atoms with Gasteiger partial charge in [-0.2, -0.15) is 13.2 Å². The van der Waals surface area contributed by atoms with Crippen LogP contribution in [-0.4, -0.2) is 28.9 Å². The summed E-state index contributed by atoms with van der Waals surface area (Å²) in [6.45, 7) is 5.98. The zero-order chi connectivity index (χ0) is 14.8. The van der Waals surface area contributed by atoms with Crippen LogP contribution in [0, 0.1) is 0 Å². The fraction of sp³-hybridized carbons (Fsp3) is 0.750. The maximum atomic E-state index is 12.6. The summed E-state index contributed by atoms with van der Waals surface area (Å²) in [5.41, 5.74) is 0.676. The number of hydrogen-bond acceptors (Lipinski definition) is 4. The van der Waals surface area contributed by atoms with Gasteiger partial charge in [0.25, 0.3) is 0 Å². The monoisotopic (exact) mass is 296 g/mol. The van der Waals surface area contributed by atoms with Crippen molar-refractivity contribution in [2.45, 2.75) is 52.4 Å². The third kappa shape index (κ3) is 4.35. The zero-order valence-electron chi connectivity index (χ0n) is 11.5. The molecule has 0 saturated carbocycles. The molecule has 0 saturated heterocycles. The number of rotatable bonds is 5. The number of alkyl halides is 3. The van der Waals surface area contributed by atoms with Gasteiger partial charge in [-0.1, -0.05) is 25.2 Å². The van der Waals surface area contributed by atoms with Crippen molar-refractivity contribution < 1.29 is 18.3 Å². The largest absolute Gasteiger partial charge is 0.406 e. The van der Waals surface area contributed by atoms with E-state index in [0.717, 1.165) is 11.3 Å². The summed E-state index contributed by atoms with van der Waals surface area (Å²) in [7, 11) is 0. The first-order valence-corrected chi connectivity index (χ1v) is 6.91. The van der Waals surface area contributed by atoms with E-state index >= 15 is 0 Å². The van der Waals surface area contributed by atoms with Gasteiger partial charge >= 0.3 is 6.18 Å². The number of nitrogens with zero attached hydrogens (tertiary/aromatic N) is 2. The first kappa shape index (κ1) is 16.2. The van der Waals surface area contributed by atoms with Crippen LogP contribution in [0.3, 0.4) is 0 Å². The molecule has 0 atom stereocenters. The van der Waals surface area contributed by atoms with Crippen molar-refractivity contribution in [3.05, 3.63) is 10.6 Å². The summed E-state index contributed by atoms with van der Waals surface area (Å²) in [4.78, 5) is 6.13. The molecular formula is C12H19F3N2OS. The summed E-state index contributed by atoms with van der Waals surface area (Å²) in [6.07, 6.45) is -4.27. The highest BCUT2D eigenvalue weighted by Crippen LogP contribution is 2.33. The Labute approximate surface area is 115 Å². The predicted molar refractivity (Wildman–Crippen MR) is 70.7 cm³/mol. The van der Waals surface area contributed by atoms with Gasteiger partial charge in [0, 0.05) is 6.04 Å². The minimum absolute atomic E-state index is 0.0760. The van der Waals surface area contributed by atoms with Crippen LogP contribution in [0.5, 0.6) is 0 Å². The van der Waals surface area contributed by atoms with E-state index < -0.39 is 12.7 Å². The van der Waals surface area contributed by atoms with Gasteiger partial charge in [0.1, 0.15) is 6.54 Å². The topological polar surface area (TPSA) is 36.4 Å². The maximum Gasteiger partial charge on any atom is 0.406 e. The average Bonchev–Trinajstić information content (AvgIpc) is 2.68. The molecule has 0 fully saturated rings. The molecule has 1 rings (SSSR count). The fourth-order valence-electron chi connectivity index (χ4n) is 1.70. The van der Waals surface area contributed by atoms with Crippen LogP contribution in [0.1, 0.15) is 44.2 Å². The van der Waals surface area contributed by atoms with Gasteiger partial charge in [0.15, 0.2) is 5.13 Å². The van der Waals surface area contributed by atoms with E-state index in [9.17, 15) is 18.3 Å². The number of thiazole rings is 1. The zero-order valence-corrected chi connectivity index (χ0v) is 12.3. The van der Waals surface area contributed by atoms with Crippen LogP contribution in [0.2, 0.25) is 0 Å². The average molecular weight is 296 g/mol. The molecule has 1 aromatic rings. The Morgan fingerprint density at radius 2 is 1.84 bits per heavy atom. The molecule has 0 aromatic carbocycles. The normalized spacial score (nSPS) is 12.5. The molecule has 0 aliphatic heterocycles. The Balaban J connectivity index is 3.10. The van der Waals surface area contributed by atoms with Crippen molar-refractivity contribution in [3.63, 3.8) is 0 Å². The molecule has 0 amide bonds. The highest BCUT2D eigenvalue weighted by Gasteiger charge is 2.33. The third-order valence-electron chi connectivity index (χ3n) is 2.63. The van der Waals surface area contributed by atoms with Crippen molar-refractivity contribution in [2.75, 3.05) is 11.4 Å². The van der Waals surface area contributed by atoms with Crippen molar-refractivity contribution in [3.8, 4) is 0 Å². The van der Waals surface area contributed by atoms with E-state index in [0.29, 0.717) is 15.7 Å². The molecule has 19 heavy (non-hydrogen) atoms. The molecule has 0 unspecified atom stereocenters. The number of anilines is 1. The standard InChI is InChI=1S/C12H19F3N2OS/c1-7(2)10-9(5-18)19-11(16-10)17(8(3)4)6-12(13,14)15/h7-8,18H,5-6H2,1-4H3. The number of aliphatic hydroxyl groups excluding tert-OH is 1. The van der Waals surface area contributed by atoms with Crippen LogP contribution in [0.15, 0.2) is 0 Å². The molecule has 110 valence electrons. The summed E-state index contributed by atoms with van der Waals surface area (Å²) in [5.74, 6) is 0.0760. The van der Waals surface area contributed by atoms with Crippen molar-refractivity contribution in [2.24, 2.45) is 0 Å². The van der Waals surface area contributed by atoms with Gasteiger partial charge in [-0.15, -0.1) is 0 Å². The smallest absolute Gasteiger partial charge is 0.391 e. The van der Waals surface area contributed by atoms with Gasteiger partial charge < -0.3 is 10.0 Å². The number of hydrogen-bond donors (Lipinski definition) is 1. The van der Waals surface area contributed by atoms with Crippen LogP contribution in [0.25, 0.3) is 0 Å². The summed E-state index contributed by atoms with van der Waals surface area (Å²) < 4.78 is 37.8. The van der Waals surface area contributed by atoms with Crippen LogP contribution in [0.4, 0.5) is 18.3 Å². The molecular weight excluding hydrogens is 277 g/mol. The quantitative estimate of drug-likeness (QED) is 0.903. The molecule has 0 bridgehead atoms. The van der Waals surface area contributed by atoms with Crippen LogP contribution in [-0.2, 0) is 6.61 Å². The van der Waals surface area contributed by atoms with E-state index in [4.69, 9.17) is 0 Å². The van der Waals surface area contributed by atoms with Gasteiger partial charge in [-0.25, -0.2) is 4.98 Å². The lowest BCUT2D eigenvalue weighted by Gasteiger charge is -2.27. The van der Waals surface area contributed by atoms with E-state index in [1.165, 1.54) is 4.90 Å². The maximum absolute atomic E-state index is 12.6. The highest BCUT2D eigenvalue weighted by molar-refractivity contribution is 7.15. The second kappa shape index (κ2) is 6.09. The Hall–Kier alpha value is -0.820. The molecule has 0 radical (unpaired) electrons. The highest BCUT2D eigenvalue weighted by atomic mass is 32.1. The summed E-state index contributed by atoms with van der Waals surface area (Å²) in [6, 6.07) is -0.306. The van der Waals surface area contributed by atoms with Gasteiger partial charge in [0.2, 0.25) is 0 Å². The lowest BCUT2D eigenvalue weighted by atomic mass is 10.1. The SMILES string of the molecule is CC(C)c1nc(N(CC(F)(F)F)C(C)C)sc1CO. The number of halogens is 3. The van der Waals surface area contributed by atoms with E-state index in [1.807, 2.05) is 13.8 Å².